The highest BCUT2D eigenvalue weighted by Crippen LogP contribution is 2.10. The first-order valence-electron chi connectivity index (χ1n) is 6.48. The monoisotopic (exact) mass is 274 g/mol. The summed E-state index contributed by atoms with van der Waals surface area (Å²) in [6.07, 6.45) is 1.89. The number of carboxylic acids is 1. The minimum atomic E-state index is -0.899. The van der Waals surface area contributed by atoms with Gasteiger partial charge in [0.05, 0.1) is 11.3 Å². The molecule has 0 bridgehead atoms. The maximum absolute atomic E-state index is 11.0. The van der Waals surface area contributed by atoms with Crippen LogP contribution in [0, 0.1) is 0 Å². The summed E-state index contributed by atoms with van der Waals surface area (Å²) in [5, 5.41) is 17.0. The van der Waals surface area contributed by atoms with E-state index >= 15 is 0 Å². The highest BCUT2D eigenvalue weighted by Gasteiger charge is 2.09. The first-order chi connectivity index (χ1) is 9.58. The van der Waals surface area contributed by atoms with E-state index in [0.29, 0.717) is 18.7 Å². The first kappa shape index (κ1) is 14.2. The summed E-state index contributed by atoms with van der Waals surface area (Å²) in [5.41, 5.74) is 2.21. The topological polar surface area (TPSA) is 71.2 Å². The van der Waals surface area contributed by atoms with Gasteiger partial charge in [0.25, 0.3) is 0 Å². The molecule has 6 nitrogen and oxygen atoms in total. The fourth-order valence-corrected chi connectivity index (χ4v) is 2.04. The molecule has 2 aromatic rings. The van der Waals surface area contributed by atoms with E-state index in [1.807, 2.05) is 19.3 Å². The Balaban J connectivity index is 2.06. The normalized spacial score (nSPS) is 10.9. The zero-order chi connectivity index (χ0) is 14.5. The largest absolute Gasteiger partial charge is 0.478 e. The molecule has 0 spiro atoms. The number of aromatic nitrogens is 3. The highest BCUT2D eigenvalue weighted by atomic mass is 16.4. The summed E-state index contributed by atoms with van der Waals surface area (Å²) in [4.78, 5) is 13.2. The second-order valence-electron chi connectivity index (χ2n) is 4.69. The van der Waals surface area contributed by atoms with Crippen LogP contribution in [0.5, 0.6) is 0 Å². The van der Waals surface area contributed by atoms with Crippen molar-refractivity contribution < 1.29 is 9.90 Å². The zero-order valence-electron chi connectivity index (χ0n) is 11.7. The van der Waals surface area contributed by atoms with Crippen molar-refractivity contribution in [2.75, 3.05) is 6.54 Å². The van der Waals surface area contributed by atoms with Crippen molar-refractivity contribution in [3.8, 4) is 0 Å². The van der Waals surface area contributed by atoms with Crippen LogP contribution in [0.15, 0.2) is 30.5 Å². The highest BCUT2D eigenvalue weighted by molar-refractivity contribution is 5.87. The van der Waals surface area contributed by atoms with E-state index in [2.05, 4.69) is 22.1 Å². The lowest BCUT2D eigenvalue weighted by molar-refractivity contribution is 0.0696. The predicted molar refractivity (Wildman–Crippen MR) is 74.2 cm³/mol. The third-order valence-corrected chi connectivity index (χ3v) is 3.06. The molecule has 1 heterocycles. The van der Waals surface area contributed by atoms with E-state index in [4.69, 9.17) is 5.11 Å². The van der Waals surface area contributed by atoms with E-state index in [9.17, 15) is 4.79 Å². The summed E-state index contributed by atoms with van der Waals surface area (Å²) < 4.78 is 1.67. The third-order valence-electron chi connectivity index (χ3n) is 3.06. The molecule has 106 valence electrons. The number of aryl methyl sites for hydroxylation is 1. The van der Waals surface area contributed by atoms with Gasteiger partial charge in [-0.2, -0.15) is 0 Å². The van der Waals surface area contributed by atoms with Crippen LogP contribution in [-0.2, 0) is 20.1 Å². The summed E-state index contributed by atoms with van der Waals surface area (Å²) in [6, 6.07) is 7.02. The van der Waals surface area contributed by atoms with E-state index < -0.39 is 5.97 Å². The van der Waals surface area contributed by atoms with Crippen LogP contribution < -0.4 is 0 Å². The Kier molecular flexibility index (Phi) is 4.47. The number of carboxylic acid groups (broad SMARTS) is 1. The van der Waals surface area contributed by atoms with Gasteiger partial charge in [0.2, 0.25) is 0 Å². The summed E-state index contributed by atoms with van der Waals surface area (Å²) in [6.45, 7) is 4.31. The fraction of sp³-hybridized carbons (Fsp3) is 0.357. The van der Waals surface area contributed by atoms with E-state index in [1.165, 1.54) is 0 Å². The minimum absolute atomic E-state index is 0.318. The van der Waals surface area contributed by atoms with Crippen molar-refractivity contribution in [3.05, 3.63) is 47.3 Å². The molecule has 20 heavy (non-hydrogen) atoms. The Hall–Kier alpha value is -2.21. The summed E-state index contributed by atoms with van der Waals surface area (Å²) in [5.74, 6) is -0.899. The molecule has 0 atom stereocenters. The van der Waals surface area contributed by atoms with Gasteiger partial charge in [0, 0.05) is 26.3 Å². The smallest absolute Gasteiger partial charge is 0.335 e. The lowest BCUT2D eigenvalue weighted by Gasteiger charge is -2.19. The second kappa shape index (κ2) is 6.29. The van der Waals surface area contributed by atoms with Gasteiger partial charge in [-0.15, -0.1) is 5.10 Å². The third kappa shape index (κ3) is 3.64. The van der Waals surface area contributed by atoms with Crippen molar-refractivity contribution in [2.45, 2.75) is 20.0 Å². The number of aromatic carboxylic acids is 1. The van der Waals surface area contributed by atoms with Gasteiger partial charge in [-0.1, -0.05) is 24.3 Å². The molecule has 0 fully saturated rings. The van der Waals surface area contributed by atoms with Crippen LogP contribution in [0.25, 0.3) is 0 Å². The van der Waals surface area contributed by atoms with Crippen LogP contribution in [0.4, 0.5) is 0 Å². The molecule has 1 N–H and O–H groups in total. The maximum atomic E-state index is 11.0. The number of hydrogen-bond donors (Lipinski definition) is 1. The van der Waals surface area contributed by atoms with Gasteiger partial charge in [-0.25, -0.2) is 4.79 Å². The van der Waals surface area contributed by atoms with Crippen molar-refractivity contribution in [2.24, 2.45) is 7.05 Å². The molecule has 6 heteroatoms. The first-order valence-corrected chi connectivity index (χ1v) is 6.48. The fourth-order valence-electron chi connectivity index (χ4n) is 2.04. The molecule has 1 aromatic carbocycles. The van der Waals surface area contributed by atoms with Gasteiger partial charge in [-0.3, -0.25) is 9.58 Å². The SMILES string of the molecule is CCN(Cc1cccc(C(=O)O)c1)Cc1cn(C)nn1. The average Bonchev–Trinajstić information content (AvgIpc) is 2.83. The summed E-state index contributed by atoms with van der Waals surface area (Å²) >= 11 is 0. The molecular formula is C14H18N4O2. The van der Waals surface area contributed by atoms with E-state index in [-0.39, 0.29) is 0 Å². The molecular weight excluding hydrogens is 256 g/mol. The maximum Gasteiger partial charge on any atom is 0.335 e. The van der Waals surface area contributed by atoms with Crippen molar-refractivity contribution in [1.29, 1.82) is 0 Å². The number of hydrogen-bond acceptors (Lipinski definition) is 4. The van der Waals surface area contributed by atoms with Gasteiger partial charge < -0.3 is 5.11 Å². The number of rotatable bonds is 6. The molecule has 0 aliphatic heterocycles. The number of carbonyl (C=O) groups is 1. The van der Waals surface area contributed by atoms with E-state index in [1.54, 1.807) is 22.9 Å². The Morgan fingerprint density at radius 2 is 2.20 bits per heavy atom. The Morgan fingerprint density at radius 1 is 1.40 bits per heavy atom. The Bertz CT molecular complexity index is 594. The molecule has 2 rings (SSSR count). The van der Waals surface area contributed by atoms with Gasteiger partial charge in [0.15, 0.2) is 0 Å². The van der Waals surface area contributed by atoms with Gasteiger partial charge in [0.1, 0.15) is 0 Å². The molecule has 0 aliphatic carbocycles. The molecule has 0 saturated heterocycles. The molecule has 1 aromatic heterocycles. The number of benzene rings is 1. The molecule has 0 saturated carbocycles. The average molecular weight is 274 g/mol. The van der Waals surface area contributed by atoms with Crippen LogP contribution in [0.3, 0.4) is 0 Å². The molecule has 0 amide bonds. The van der Waals surface area contributed by atoms with Crippen LogP contribution >= 0.6 is 0 Å². The van der Waals surface area contributed by atoms with Crippen LogP contribution in [-0.4, -0.2) is 37.5 Å². The Morgan fingerprint density at radius 3 is 2.80 bits per heavy atom. The number of nitrogens with zero attached hydrogens (tertiary/aromatic N) is 4. The summed E-state index contributed by atoms with van der Waals surface area (Å²) in [7, 11) is 1.84. The standard InChI is InChI=1S/C14H18N4O2/c1-3-18(10-13-9-17(2)16-15-13)8-11-5-4-6-12(7-11)14(19)20/h4-7,9H,3,8,10H2,1-2H3,(H,19,20). The van der Waals surface area contributed by atoms with E-state index in [0.717, 1.165) is 17.8 Å². The second-order valence-corrected chi connectivity index (χ2v) is 4.69. The van der Waals surface area contributed by atoms with Crippen LogP contribution in [0.2, 0.25) is 0 Å². The van der Waals surface area contributed by atoms with Crippen molar-refractivity contribution >= 4 is 5.97 Å². The quantitative estimate of drug-likeness (QED) is 0.865. The zero-order valence-corrected chi connectivity index (χ0v) is 11.7. The van der Waals surface area contributed by atoms with Gasteiger partial charge >= 0.3 is 5.97 Å². The van der Waals surface area contributed by atoms with Crippen molar-refractivity contribution in [3.63, 3.8) is 0 Å². The van der Waals surface area contributed by atoms with Gasteiger partial charge in [-0.05, 0) is 24.2 Å². The predicted octanol–water partition coefficient (Wildman–Crippen LogP) is 1.54. The lowest BCUT2D eigenvalue weighted by atomic mass is 10.1. The Labute approximate surface area is 117 Å². The van der Waals surface area contributed by atoms with Crippen molar-refractivity contribution in [1.82, 2.24) is 19.9 Å². The minimum Gasteiger partial charge on any atom is -0.478 e. The molecule has 0 aliphatic rings. The lowest BCUT2D eigenvalue weighted by Crippen LogP contribution is -2.22. The molecule has 0 radical (unpaired) electrons. The molecule has 0 unspecified atom stereocenters. The van der Waals surface area contributed by atoms with Crippen LogP contribution in [0.1, 0.15) is 28.5 Å².